The molecule has 0 bridgehead atoms. The van der Waals surface area contributed by atoms with E-state index in [9.17, 15) is 0 Å². The molecule has 2 aromatic carbocycles. The molecule has 2 N–H and O–H groups in total. The standard InChI is InChI=1S/C25H33N3O3/c1-4-19-9-6-7-10-21(19)28-22-11-13-27-23-18-25(24(29-3)17-20(22)23)31-15-8-12-26-14-16-30-5-2/h6-7,9-11,13,17-18,26H,4-5,8,12,14-16H2,1-3H3,(H,27,28). The van der Waals surface area contributed by atoms with E-state index in [-0.39, 0.29) is 0 Å². The topological polar surface area (TPSA) is 64.6 Å². The zero-order chi connectivity index (χ0) is 21.9. The highest BCUT2D eigenvalue weighted by atomic mass is 16.5. The maximum absolute atomic E-state index is 6.00. The molecule has 0 fully saturated rings. The summed E-state index contributed by atoms with van der Waals surface area (Å²) in [5, 5.41) is 7.91. The van der Waals surface area contributed by atoms with Crippen molar-refractivity contribution < 1.29 is 14.2 Å². The summed E-state index contributed by atoms with van der Waals surface area (Å²) in [5.41, 5.74) is 4.24. The van der Waals surface area contributed by atoms with Crippen LogP contribution in [0.3, 0.4) is 0 Å². The number of nitrogens with zero attached hydrogens (tertiary/aromatic N) is 1. The van der Waals surface area contributed by atoms with Crippen LogP contribution in [-0.2, 0) is 11.2 Å². The molecule has 0 aliphatic rings. The fourth-order valence-corrected chi connectivity index (χ4v) is 3.42. The number of aryl methyl sites for hydroxylation is 1. The van der Waals surface area contributed by atoms with E-state index in [1.54, 1.807) is 7.11 Å². The molecule has 0 spiro atoms. The summed E-state index contributed by atoms with van der Waals surface area (Å²) in [5.74, 6) is 1.42. The molecule has 0 saturated heterocycles. The number of nitrogens with one attached hydrogen (secondary N) is 2. The molecule has 1 aromatic heterocycles. The van der Waals surface area contributed by atoms with Crippen LogP contribution in [0.1, 0.15) is 25.8 Å². The zero-order valence-corrected chi connectivity index (χ0v) is 18.7. The first-order valence-electron chi connectivity index (χ1n) is 11.0. The Balaban J connectivity index is 1.69. The van der Waals surface area contributed by atoms with Crippen molar-refractivity contribution in [2.45, 2.75) is 26.7 Å². The third-order valence-corrected chi connectivity index (χ3v) is 5.08. The van der Waals surface area contributed by atoms with Crippen LogP contribution in [0.5, 0.6) is 11.5 Å². The van der Waals surface area contributed by atoms with E-state index in [1.807, 2.05) is 37.4 Å². The minimum absolute atomic E-state index is 0.602. The minimum atomic E-state index is 0.602. The largest absolute Gasteiger partial charge is 0.493 e. The number of fused-ring (bicyclic) bond motifs is 1. The van der Waals surface area contributed by atoms with Gasteiger partial charge in [-0.15, -0.1) is 0 Å². The Bertz CT molecular complexity index is 962. The van der Waals surface area contributed by atoms with E-state index in [4.69, 9.17) is 14.2 Å². The average molecular weight is 424 g/mol. The number of rotatable bonds is 13. The molecule has 0 atom stereocenters. The number of aromatic nitrogens is 1. The Labute approximate surface area is 184 Å². The summed E-state index contributed by atoms with van der Waals surface area (Å²) >= 11 is 0. The Morgan fingerprint density at radius 3 is 2.61 bits per heavy atom. The second kappa shape index (κ2) is 12.1. The van der Waals surface area contributed by atoms with Gasteiger partial charge in [0, 0.05) is 42.2 Å². The number of hydrogen-bond donors (Lipinski definition) is 2. The Morgan fingerprint density at radius 2 is 1.81 bits per heavy atom. The smallest absolute Gasteiger partial charge is 0.163 e. The molecular weight excluding hydrogens is 390 g/mol. The first kappa shape index (κ1) is 22.8. The van der Waals surface area contributed by atoms with Crippen LogP contribution in [0.2, 0.25) is 0 Å². The predicted molar refractivity (Wildman–Crippen MR) is 127 cm³/mol. The average Bonchev–Trinajstić information content (AvgIpc) is 2.81. The molecule has 0 amide bonds. The lowest BCUT2D eigenvalue weighted by Gasteiger charge is -2.15. The number of pyridine rings is 1. The molecule has 31 heavy (non-hydrogen) atoms. The van der Waals surface area contributed by atoms with Gasteiger partial charge >= 0.3 is 0 Å². The maximum atomic E-state index is 6.00. The van der Waals surface area contributed by atoms with Crippen molar-refractivity contribution in [1.29, 1.82) is 0 Å². The number of ether oxygens (including phenoxy) is 3. The normalized spacial score (nSPS) is 10.9. The van der Waals surface area contributed by atoms with Gasteiger partial charge in [-0.3, -0.25) is 4.98 Å². The number of benzene rings is 2. The van der Waals surface area contributed by atoms with Crippen LogP contribution >= 0.6 is 0 Å². The monoisotopic (exact) mass is 423 g/mol. The number of para-hydroxylation sites is 1. The molecular formula is C25H33N3O3. The van der Waals surface area contributed by atoms with Crippen molar-refractivity contribution in [3.8, 4) is 11.5 Å². The van der Waals surface area contributed by atoms with Crippen LogP contribution in [0.15, 0.2) is 48.7 Å². The third-order valence-electron chi connectivity index (χ3n) is 5.08. The molecule has 6 heteroatoms. The third kappa shape index (κ3) is 6.32. The highest BCUT2D eigenvalue weighted by Gasteiger charge is 2.11. The Kier molecular flexibility index (Phi) is 8.94. The number of anilines is 2. The van der Waals surface area contributed by atoms with Gasteiger partial charge in [0.25, 0.3) is 0 Å². The quantitative estimate of drug-likeness (QED) is 0.380. The van der Waals surface area contributed by atoms with E-state index in [0.29, 0.717) is 18.1 Å². The van der Waals surface area contributed by atoms with Crippen molar-refractivity contribution in [3.05, 3.63) is 54.2 Å². The van der Waals surface area contributed by atoms with Crippen LogP contribution in [0.25, 0.3) is 10.9 Å². The van der Waals surface area contributed by atoms with Gasteiger partial charge < -0.3 is 24.8 Å². The summed E-state index contributed by atoms with van der Waals surface area (Å²) in [6.07, 6.45) is 3.68. The minimum Gasteiger partial charge on any atom is -0.493 e. The summed E-state index contributed by atoms with van der Waals surface area (Å²) in [7, 11) is 1.67. The lowest BCUT2D eigenvalue weighted by atomic mass is 10.1. The van der Waals surface area contributed by atoms with Gasteiger partial charge in [0.05, 0.1) is 25.8 Å². The molecule has 166 valence electrons. The van der Waals surface area contributed by atoms with Gasteiger partial charge in [0.1, 0.15) is 0 Å². The van der Waals surface area contributed by atoms with Crippen molar-refractivity contribution in [2.75, 3.05) is 45.3 Å². The molecule has 3 aromatic rings. The summed E-state index contributed by atoms with van der Waals surface area (Å²) in [6, 6.07) is 14.3. The maximum Gasteiger partial charge on any atom is 0.163 e. The van der Waals surface area contributed by atoms with Crippen molar-refractivity contribution >= 4 is 22.3 Å². The molecule has 1 heterocycles. The van der Waals surface area contributed by atoms with Crippen molar-refractivity contribution in [3.63, 3.8) is 0 Å². The van der Waals surface area contributed by atoms with Crippen molar-refractivity contribution in [1.82, 2.24) is 10.3 Å². The molecule has 0 aliphatic carbocycles. The summed E-state index contributed by atoms with van der Waals surface area (Å²) < 4.78 is 16.9. The van der Waals surface area contributed by atoms with Gasteiger partial charge in [-0.2, -0.15) is 0 Å². The summed E-state index contributed by atoms with van der Waals surface area (Å²) in [4.78, 5) is 4.55. The fraction of sp³-hybridized carbons (Fsp3) is 0.400. The predicted octanol–water partition coefficient (Wildman–Crippen LogP) is 4.94. The Hall–Kier alpha value is -2.83. The highest BCUT2D eigenvalue weighted by Crippen LogP contribution is 2.36. The van der Waals surface area contributed by atoms with E-state index in [1.165, 1.54) is 5.56 Å². The first-order valence-corrected chi connectivity index (χ1v) is 11.0. The van der Waals surface area contributed by atoms with E-state index in [0.717, 1.165) is 61.4 Å². The molecule has 0 aliphatic heterocycles. The van der Waals surface area contributed by atoms with Crippen LogP contribution < -0.4 is 20.1 Å². The second-order valence-electron chi connectivity index (χ2n) is 7.16. The van der Waals surface area contributed by atoms with Gasteiger partial charge in [-0.25, -0.2) is 0 Å². The zero-order valence-electron chi connectivity index (χ0n) is 18.7. The van der Waals surface area contributed by atoms with Crippen LogP contribution in [0.4, 0.5) is 11.4 Å². The summed E-state index contributed by atoms with van der Waals surface area (Å²) in [6.45, 7) is 7.99. The van der Waals surface area contributed by atoms with Gasteiger partial charge in [-0.1, -0.05) is 25.1 Å². The fourth-order valence-electron chi connectivity index (χ4n) is 3.42. The van der Waals surface area contributed by atoms with Crippen LogP contribution in [0, 0.1) is 0 Å². The molecule has 0 saturated carbocycles. The van der Waals surface area contributed by atoms with Crippen LogP contribution in [-0.4, -0.2) is 45.0 Å². The van der Waals surface area contributed by atoms with Crippen molar-refractivity contribution in [2.24, 2.45) is 0 Å². The highest BCUT2D eigenvalue weighted by molar-refractivity contribution is 5.95. The molecule has 3 rings (SSSR count). The second-order valence-corrected chi connectivity index (χ2v) is 7.16. The first-order chi connectivity index (χ1) is 15.3. The van der Waals surface area contributed by atoms with Gasteiger partial charge in [-0.05, 0) is 50.1 Å². The SMILES string of the molecule is CCOCCNCCCOc1cc2nccc(Nc3ccccc3CC)c2cc1OC. The van der Waals surface area contributed by atoms with Gasteiger partial charge in [0.15, 0.2) is 11.5 Å². The van der Waals surface area contributed by atoms with E-state index < -0.39 is 0 Å². The van der Waals surface area contributed by atoms with E-state index in [2.05, 4.69) is 40.7 Å². The number of hydrogen-bond acceptors (Lipinski definition) is 6. The van der Waals surface area contributed by atoms with Gasteiger partial charge in [0.2, 0.25) is 0 Å². The number of methoxy groups -OCH3 is 1. The molecule has 0 unspecified atom stereocenters. The Morgan fingerprint density at radius 1 is 0.935 bits per heavy atom. The molecule has 6 nitrogen and oxygen atoms in total. The lowest BCUT2D eigenvalue weighted by Crippen LogP contribution is -2.22. The lowest BCUT2D eigenvalue weighted by molar-refractivity contribution is 0.149. The molecule has 0 radical (unpaired) electrons. The van der Waals surface area contributed by atoms with E-state index >= 15 is 0 Å².